The lowest BCUT2D eigenvalue weighted by Gasteiger charge is -2.40. The molecule has 28 heavy (non-hydrogen) atoms. The summed E-state index contributed by atoms with van der Waals surface area (Å²) in [6.07, 6.45) is -0.301. The van der Waals surface area contributed by atoms with Gasteiger partial charge < -0.3 is 0 Å². The molecule has 2 amide bonds. The highest BCUT2D eigenvalue weighted by molar-refractivity contribution is 6.07. The lowest BCUT2D eigenvalue weighted by Crippen LogP contribution is -2.48. The number of aromatic nitrogens is 2. The fourth-order valence-electron chi connectivity index (χ4n) is 4.37. The molecule has 4 rings (SSSR count). The van der Waals surface area contributed by atoms with E-state index in [4.69, 9.17) is 0 Å². The summed E-state index contributed by atoms with van der Waals surface area (Å²) >= 11 is 0. The van der Waals surface area contributed by atoms with E-state index < -0.39 is 29.3 Å². The zero-order valence-corrected chi connectivity index (χ0v) is 15.3. The summed E-state index contributed by atoms with van der Waals surface area (Å²) in [7, 11) is 1.39. The molecule has 1 aliphatic carbocycles. The predicted molar refractivity (Wildman–Crippen MR) is 95.6 cm³/mol. The predicted octanol–water partition coefficient (Wildman–Crippen LogP) is 4.73. The van der Waals surface area contributed by atoms with Crippen LogP contribution >= 0.6 is 0 Å². The number of aryl methyl sites for hydroxylation is 1. The first kappa shape index (κ1) is 18.8. The van der Waals surface area contributed by atoms with E-state index in [2.05, 4.69) is 5.10 Å². The highest BCUT2D eigenvalue weighted by Gasteiger charge is 2.52. The van der Waals surface area contributed by atoms with Crippen LogP contribution in [-0.2, 0) is 13.2 Å². The molecule has 1 aromatic carbocycles. The maximum absolute atomic E-state index is 13.8. The highest BCUT2D eigenvalue weighted by Crippen LogP contribution is 2.44. The third-order valence-electron chi connectivity index (χ3n) is 5.62. The zero-order valence-electron chi connectivity index (χ0n) is 15.3. The zero-order chi connectivity index (χ0) is 20.1. The van der Waals surface area contributed by atoms with Gasteiger partial charge in [0, 0.05) is 18.8 Å². The molecule has 1 aliphatic heterocycles. The second-order valence-corrected chi connectivity index (χ2v) is 7.48. The van der Waals surface area contributed by atoms with Crippen molar-refractivity contribution in [1.82, 2.24) is 9.78 Å². The molecule has 1 saturated carbocycles. The normalized spacial score (nSPS) is 19.7. The minimum Gasteiger partial charge on any atom is -0.286 e. The summed E-state index contributed by atoms with van der Waals surface area (Å²) in [4.78, 5) is 16.2. The fourth-order valence-corrected chi connectivity index (χ4v) is 4.37. The van der Waals surface area contributed by atoms with Crippen molar-refractivity contribution < 1.29 is 22.4 Å². The molecule has 5 nitrogen and oxygen atoms in total. The topological polar surface area (TPSA) is 41.4 Å². The van der Waals surface area contributed by atoms with E-state index in [0.717, 1.165) is 42.9 Å². The number of amides is 2. The van der Waals surface area contributed by atoms with E-state index in [1.165, 1.54) is 30.1 Å². The van der Waals surface area contributed by atoms with Crippen molar-refractivity contribution in [1.29, 1.82) is 0 Å². The largest absolute Gasteiger partial charge is 0.435 e. The van der Waals surface area contributed by atoms with Crippen LogP contribution in [0.25, 0.3) is 0 Å². The fraction of sp³-hybridized carbons (Fsp3) is 0.474. The molecule has 1 aromatic heterocycles. The molecule has 2 aliphatic rings. The molecule has 0 atom stereocenters. The van der Waals surface area contributed by atoms with Crippen LogP contribution in [0.1, 0.15) is 37.8 Å². The Balaban J connectivity index is 1.77. The van der Waals surface area contributed by atoms with Gasteiger partial charge in [0.05, 0.1) is 12.1 Å². The molecule has 150 valence electrons. The number of anilines is 2. The van der Waals surface area contributed by atoms with Crippen LogP contribution in [0.3, 0.4) is 0 Å². The number of alkyl halides is 3. The van der Waals surface area contributed by atoms with Gasteiger partial charge in [-0.05, 0) is 31.0 Å². The summed E-state index contributed by atoms with van der Waals surface area (Å²) in [5, 5.41) is 3.53. The summed E-state index contributed by atoms with van der Waals surface area (Å²) in [6, 6.07) is 6.22. The molecule has 2 fully saturated rings. The van der Waals surface area contributed by atoms with E-state index in [-0.39, 0.29) is 12.4 Å². The van der Waals surface area contributed by atoms with Gasteiger partial charge in [-0.3, -0.25) is 14.5 Å². The number of urea groups is 1. The first-order valence-electron chi connectivity index (χ1n) is 9.20. The van der Waals surface area contributed by atoms with Gasteiger partial charge in [0.15, 0.2) is 5.69 Å². The van der Waals surface area contributed by atoms with E-state index >= 15 is 0 Å². The Morgan fingerprint density at radius 3 is 2.43 bits per heavy atom. The van der Waals surface area contributed by atoms with Crippen molar-refractivity contribution in [2.45, 2.75) is 43.8 Å². The molecular weight excluding hydrogens is 376 g/mol. The van der Waals surface area contributed by atoms with E-state index in [9.17, 15) is 22.4 Å². The lowest BCUT2D eigenvalue weighted by atomic mass is 9.81. The van der Waals surface area contributed by atoms with Crippen LogP contribution in [0.5, 0.6) is 0 Å². The number of nitrogens with zero attached hydrogens (tertiary/aromatic N) is 4. The van der Waals surface area contributed by atoms with Crippen molar-refractivity contribution in [2.75, 3.05) is 16.3 Å². The average Bonchev–Trinajstić information content (AvgIpc) is 3.14. The quantitative estimate of drug-likeness (QED) is 0.689. The van der Waals surface area contributed by atoms with E-state index in [1.807, 2.05) is 0 Å². The average molecular weight is 396 g/mol. The first-order chi connectivity index (χ1) is 13.2. The molecule has 2 aromatic rings. The number of benzene rings is 1. The van der Waals surface area contributed by atoms with Gasteiger partial charge in [-0.2, -0.15) is 18.3 Å². The SMILES string of the molecule is Cn1nc(C(F)(F)F)cc1N1CC2(CCCCC2)N(c2cccc(F)c2)C1=O. The minimum absolute atomic E-state index is 0.0844. The summed E-state index contributed by atoms with van der Waals surface area (Å²) in [5.41, 5.74) is -1.18. The van der Waals surface area contributed by atoms with Gasteiger partial charge in [-0.15, -0.1) is 0 Å². The maximum atomic E-state index is 13.8. The molecule has 1 saturated heterocycles. The molecule has 0 unspecified atom stereocenters. The summed E-state index contributed by atoms with van der Waals surface area (Å²) in [6.45, 7) is 0.249. The molecule has 9 heteroatoms. The van der Waals surface area contributed by atoms with Crippen LogP contribution in [0.15, 0.2) is 30.3 Å². The van der Waals surface area contributed by atoms with Gasteiger partial charge in [0.25, 0.3) is 0 Å². The van der Waals surface area contributed by atoms with Crippen molar-refractivity contribution >= 4 is 17.5 Å². The van der Waals surface area contributed by atoms with Crippen LogP contribution in [0, 0.1) is 5.82 Å². The van der Waals surface area contributed by atoms with Crippen LogP contribution in [0.2, 0.25) is 0 Å². The van der Waals surface area contributed by atoms with Gasteiger partial charge in [0.1, 0.15) is 11.6 Å². The Kier molecular flexibility index (Phi) is 4.35. The van der Waals surface area contributed by atoms with E-state index in [1.54, 1.807) is 11.0 Å². The Morgan fingerprint density at radius 1 is 1.11 bits per heavy atom. The molecular formula is C19H20F4N4O. The number of halogens is 4. The van der Waals surface area contributed by atoms with Crippen molar-refractivity contribution in [3.05, 3.63) is 41.8 Å². The molecule has 0 N–H and O–H groups in total. The molecule has 0 radical (unpaired) electrons. The molecule has 1 spiro atoms. The Bertz CT molecular complexity index is 902. The van der Waals surface area contributed by atoms with E-state index in [0.29, 0.717) is 5.69 Å². The number of hydrogen-bond donors (Lipinski definition) is 0. The summed E-state index contributed by atoms with van der Waals surface area (Å²) in [5.74, 6) is -0.379. The smallest absolute Gasteiger partial charge is 0.286 e. The number of hydrogen-bond acceptors (Lipinski definition) is 2. The van der Waals surface area contributed by atoms with Gasteiger partial charge in [-0.1, -0.05) is 25.3 Å². The number of rotatable bonds is 2. The Labute approximate surface area is 159 Å². The van der Waals surface area contributed by atoms with Gasteiger partial charge >= 0.3 is 12.2 Å². The Hall–Kier alpha value is -2.58. The first-order valence-corrected chi connectivity index (χ1v) is 9.20. The number of carbonyl (C=O) groups excluding carboxylic acids is 1. The lowest BCUT2D eigenvalue weighted by molar-refractivity contribution is -0.141. The highest BCUT2D eigenvalue weighted by atomic mass is 19.4. The minimum atomic E-state index is -4.59. The Morgan fingerprint density at radius 2 is 1.82 bits per heavy atom. The third-order valence-corrected chi connectivity index (χ3v) is 5.62. The number of carbonyl (C=O) groups is 1. The van der Waals surface area contributed by atoms with Gasteiger partial charge in [0.2, 0.25) is 0 Å². The summed E-state index contributed by atoms with van der Waals surface area (Å²) < 4.78 is 54.1. The standard InChI is InChI=1S/C19H20F4N4O/c1-25-16(11-15(24-25)19(21,22)23)26-12-18(8-3-2-4-9-18)27(17(26)28)14-7-5-6-13(20)10-14/h5-7,10-11H,2-4,8-9,12H2,1H3. The van der Waals surface area contributed by atoms with Crippen LogP contribution < -0.4 is 9.80 Å². The van der Waals surface area contributed by atoms with Crippen molar-refractivity contribution in [2.24, 2.45) is 7.05 Å². The van der Waals surface area contributed by atoms with Crippen molar-refractivity contribution in [3.8, 4) is 0 Å². The van der Waals surface area contributed by atoms with Crippen LogP contribution in [0.4, 0.5) is 33.9 Å². The van der Waals surface area contributed by atoms with Crippen molar-refractivity contribution in [3.63, 3.8) is 0 Å². The second kappa shape index (κ2) is 6.49. The van der Waals surface area contributed by atoms with Gasteiger partial charge in [-0.25, -0.2) is 9.18 Å². The maximum Gasteiger partial charge on any atom is 0.435 e. The molecule has 0 bridgehead atoms. The molecule has 2 heterocycles. The monoisotopic (exact) mass is 396 g/mol. The second-order valence-electron chi connectivity index (χ2n) is 7.48. The van der Waals surface area contributed by atoms with Crippen LogP contribution in [-0.4, -0.2) is 27.9 Å². The third kappa shape index (κ3) is 3.02.